The Kier molecular flexibility index (Phi) is 3.52. The number of fused-ring (bicyclic) bond motifs is 1. The summed E-state index contributed by atoms with van der Waals surface area (Å²) in [5, 5.41) is 12.6. The van der Waals surface area contributed by atoms with Gasteiger partial charge in [-0.05, 0) is 37.1 Å². The van der Waals surface area contributed by atoms with Crippen LogP contribution in [0.2, 0.25) is 0 Å². The third-order valence-corrected chi connectivity index (χ3v) is 3.47. The minimum absolute atomic E-state index is 0.240. The van der Waals surface area contributed by atoms with Gasteiger partial charge in [-0.25, -0.2) is 0 Å². The Bertz CT molecular complexity index is 381. The van der Waals surface area contributed by atoms with E-state index in [-0.39, 0.29) is 6.04 Å². The van der Waals surface area contributed by atoms with Gasteiger partial charge in [-0.1, -0.05) is 15.9 Å². The summed E-state index contributed by atoms with van der Waals surface area (Å²) >= 11 is 3.50. The van der Waals surface area contributed by atoms with E-state index in [2.05, 4.69) is 51.4 Å². The number of halogens is 1. The van der Waals surface area contributed by atoms with Crippen molar-refractivity contribution in [3.63, 3.8) is 0 Å². The molecule has 0 saturated carbocycles. The average Bonchev–Trinajstić information content (AvgIpc) is 2.22. The van der Waals surface area contributed by atoms with E-state index in [9.17, 15) is 5.11 Å². The Morgan fingerprint density at radius 3 is 3.00 bits per heavy atom. The lowest BCUT2D eigenvalue weighted by atomic mass is 9.97. The molecule has 16 heavy (non-hydrogen) atoms. The third kappa shape index (κ3) is 2.39. The first-order valence-electron chi connectivity index (χ1n) is 5.52. The van der Waals surface area contributed by atoms with Crippen molar-refractivity contribution in [1.29, 1.82) is 0 Å². The van der Waals surface area contributed by atoms with Gasteiger partial charge in [-0.3, -0.25) is 5.32 Å². The van der Waals surface area contributed by atoms with Crippen LogP contribution in [0, 0.1) is 0 Å². The number of nitrogens with zero attached hydrogens (tertiary/aromatic N) is 1. The zero-order valence-corrected chi connectivity index (χ0v) is 11.2. The first-order valence-corrected chi connectivity index (χ1v) is 6.32. The van der Waals surface area contributed by atoms with E-state index in [4.69, 9.17) is 0 Å². The van der Waals surface area contributed by atoms with E-state index in [0.29, 0.717) is 0 Å². The summed E-state index contributed by atoms with van der Waals surface area (Å²) < 4.78 is 1.08. The molecule has 0 bridgehead atoms. The number of hydrogen-bond donors (Lipinski definition) is 2. The summed E-state index contributed by atoms with van der Waals surface area (Å²) in [4.78, 5) is 2.25. The smallest absolute Gasteiger partial charge is 0.102 e. The van der Waals surface area contributed by atoms with Gasteiger partial charge in [0.1, 0.15) is 6.23 Å². The molecule has 0 saturated heterocycles. The van der Waals surface area contributed by atoms with Crippen LogP contribution in [0.5, 0.6) is 0 Å². The fraction of sp³-hybridized carbons (Fsp3) is 0.500. The third-order valence-electron chi connectivity index (χ3n) is 2.97. The number of rotatable bonds is 2. The van der Waals surface area contributed by atoms with E-state index in [1.54, 1.807) is 6.92 Å². The first kappa shape index (κ1) is 11.9. The second-order valence-corrected chi connectivity index (χ2v) is 5.22. The summed E-state index contributed by atoms with van der Waals surface area (Å²) in [5.74, 6) is 0. The molecule has 3 nitrogen and oxygen atoms in total. The predicted octanol–water partition coefficient (Wildman–Crippen LogP) is 2.26. The fourth-order valence-electron chi connectivity index (χ4n) is 2.22. The monoisotopic (exact) mass is 284 g/mol. The van der Waals surface area contributed by atoms with E-state index >= 15 is 0 Å². The van der Waals surface area contributed by atoms with E-state index in [1.165, 1.54) is 11.3 Å². The molecule has 0 radical (unpaired) electrons. The molecular formula is C12H17BrN2O. The number of anilines is 1. The van der Waals surface area contributed by atoms with Gasteiger partial charge in [0.15, 0.2) is 0 Å². The molecule has 1 aromatic rings. The van der Waals surface area contributed by atoms with Gasteiger partial charge in [0.2, 0.25) is 0 Å². The van der Waals surface area contributed by atoms with Crippen LogP contribution in [-0.4, -0.2) is 24.9 Å². The van der Waals surface area contributed by atoms with Gasteiger partial charge in [0, 0.05) is 29.8 Å². The normalized spacial score (nSPS) is 21.8. The van der Waals surface area contributed by atoms with Crippen molar-refractivity contribution >= 4 is 21.6 Å². The molecule has 1 aliphatic rings. The zero-order chi connectivity index (χ0) is 11.7. The highest BCUT2D eigenvalue weighted by atomic mass is 79.9. The molecule has 0 aromatic heterocycles. The minimum atomic E-state index is -0.472. The highest BCUT2D eigenvalue weighted by Crippen LogP contribution is 2.34. The van der Waals surface area contributed by atoms with Crippen LogP contribution in [0.15, 0.2) is 22.7 Å². The largest absolute Gasteiger partial charge is 0.379 e. The van der Waals surface area contributed by atoms with Crippen LogP contribution < -0.4 is 10.2 Å². The molecule has 1 aliphatic heterocycles. The summed E-state index contributed by atoms with van der Waals surface area (Å²) in [6.07, 6.45) is 0.547. The maximum atomic E-state index is 9.43. The van der Waals surface area contributed by atoms with Gasteiger partial charge in [-0.15, -0.1) is 0 Å². The molecule has 2 rings (SSSR count). The Balaban J connectivity index is 2.34. The van der Waals surface area contributed by atoms with Gasteiger partial charge in [0.25, 0.3) is 0 Å². The standard InChI is InChI=1S/C12H17BrN2O/c1-8(16)14-11-5-6-15(2)12-4-3-9(13)7-10(11)12/h3-4,7-8,11,14,16H,5-6H2,1-2H3. The van der Waals surface area contributed by atoms with E-state index < -0.39 is 6.23 Å². The Hall–Kier alpha value is -0.580. The highest BCUT2D eigenvalue weighted by Gasteiger charge is 2.23. The van der Waals surface area contributed by atoms with Crippen LogP contribution in [-0.2, 0) is 0 Å². The quantitative estimate of drug-likeness (QED) is 0.818. The SMILES string of the molecule is CC(O)NC1CCN(C)c2ccc(Br)cc21. The van der Waals surface area contributed by atoms with Crippen LogP contribution in [0.1, 0.15) is 24.9 Å². The molecule has 1 heterocycles. The number of nitrogens with one attached hydrogen (secondary N) is 1. The van der Waals surface area contributed by atoms with Crippen molar-refractivity contribution < 1.29 is 5.11 Å². The second-order valence-electron chi connectivity index (χ2n) is 4.31. The maximum Gasteiger partial charge on any atom is 0.102 e. The van der Waals surface area contributed by atoms with Crippen molar-refractivity contribution in [2.75, 3.05) is 18.5 Å². The van der Waals surface area contributed by atoms with E-state index in [1.807, 2.05) is 0 Å². The molecule has 1 aromatic carbocycles. The molecule has 2 unspecified atom stereocenters. The van der Waals surface area contributed by atoms with Crippen LogP contribution in [0.3, 0.4) is 0 Å². The average molecular weight is 285 g/mol. The fourth-order valence-corrected chi connectivity index (χ4v) is 2.59. The lowest BCUT2D eigenvalue weighted by Gasteiger charge is -2.34. The molecular weight excluding hydrogens is 268 g/mol. The lowest BCUT2D eigenvalue weighted by Crippen LogP contribution is -2.37. The Morgan fingerprint density at radius 2 is 2.31 bits per heavy atom. The summed E-state index contributed by atoms with van der Waals surface area (Å²) in [5.41, 5.74) is 2.50. The molecule has 88 valence electrons. The molecule has 0 fully saturated rings. The predicted molar refractivity (Wildman–Crippen MR) is 69.6 cm³/mol. The molecule has 0 aliphatic carbocycles. The van der Waals surface area contributed by atoms with Crippen molar-refractivity contribution in [3.8, 4) is 0 Å². The topological polar surface area (TPSA) is 35.5 Å². The summed E-state index contributed by atoms with van der Waals surface area (Å²) in [7, 11) is 2.10. The number of benzene rings is 1. The van der Waals surface area contributed by atoms with Crippen molar-refractivity contribution in [1.82, 2.24) is 5.32 Å². The van der Waals surface area contributed by atoms with Crippen LogP contribution >= 0.6 is 15.9 Å². The van der Waals surface area contributed by atoms with Gasteiger partial charge in [-0.2, -0.15) is 0 Å². The van der Waals surface area contributed by atoms with Crippen LogP contribution in [0.25, 0.3) is 0 Å². The summed E-state index contributed by atoms with van der Waals surface area (Å²) in [6.45, 7) is 2.77. The molecule has 2 N–H and O–H groups in total. The maximum absolute atomic E-state index is 9.43. The Morgan fingerprint density at radius 1 is 1.56 bits per heavy atom. The van der Waals surface area contributed by atoms with E-state index in [0.717, 1.165) is 17.4 Å². The van der Waals surface area contributed by atoms with Gasteiger partial charge >= 0.3 is 0 Å². The lowest BCUT2D eigenvalue weighted by molar-refractivity contribution is 0.138. The van der Waals surface area contributed by atoms with Crippen molar-refractivity contribution in [3.05, 3.63) is 28.2 Å². The molecule has 0 spiro atoms. The summed E-state index contributed by atoms with van der Waals surface area (Å²) in [6, 6.07) is 6.55. The molecule has 4 heteroatoms. The zero-order valence-electron chi connectivity index (χ0n) is 9.57. The Labute approximate surface area is 105 Å². The minimum Gasteiger partial charge on any atom is -0.379 e. The van der Waals surface area contributed by atoms with Crippen LogP contribution in [0.4, 0.5) is 5.69 Å². The second kappa shape index (κ2) is 4.73. The van der Waals surface area contributed by atoms with Crippen molar-refractivity contribution in [2.45, 2.75) is 25.6 Å². The number of aliphatic hydroxyl groups excluding tert-OH is 1. The molecule has 0 amide bonds. The number of aliphatic hydroxyl groups is 1. The van der Waals surface area contributed by atoms with Crippen molar-refractivity contribution in [2.24, 2.45) is 0 Å². The highest BCUT2D eigenvalue weighted by molar-refractivity contribution is 9.10. The number of hydrogen-bond acceptors (Lipinski definition) is 3. The molecule has 2 atom stereocenters. The van der Waals surface area contributed by atoms with Gasteiger partial charge < -0.3 is 10.0 Å². The first-order chi connectivity index (χ1) is 7.58. The van der Waals surface area contributed by atoms with Gasteiger partial charge in [0.05, 0.1) is 0 Å².